The summed E-state index contributed by atoms with van der Waals surface area (Å²) in [4.78, 5) is 39.4. The van der Waals surface area contributed by atoms with Crippen LogP contribution >= 0.6 is 0 Å². The molecule has 1 aliphatic heterocycles. The number of anilines is 1. The van der Waals surface area contributed by atoms with Crippen LogP contribution in [0.2, 0.25) is 0 Å². The van der Waals surface area contributed by atoms with Crippen molar-refractivity contribution in [3.8, 4) is 11.5 Å². The van der Waals surface area contributed by atoms with E-state index in [0.29, 0.717) is 56.3 Å². The number of carbonyl (C=O) groups is 3. The van der Waals surface area contributed by atoms with Gasteiger partial charge in [-0.1, -0.05) is 27.2 Å². The molecule has 0 aliphatic carbocycles. The summed E-state index contributed by atoms with van der Waals surface area (Å²) in [6.45, 7) is 11.9. The van der Waals surface area contributed by atoms with Crippen molar-refractivity contribution in [2.75, 3.05) is 51.3 Å². The van der Waals surface area contributed by atoms with Gasteiger partial charge in [-0.2, -0.15) is 0 Å². The monoisotopic (exact) mass is 504 g/mol. The van der Waals surface area contributed by atoms with Crippen LogP contribution in [0.5, 0.6) is 11.5 Å². The Hall–Kier alpha value is -2.81. The highest BCUT2D eigenvalue weighted by molar-refractivity contribution is 5.97. The van der Waals surface area contributed by atoms with Crippen LogP contribution in [0.25, 0.3) is 0 Å². The van der Waals surface area contributed by atoms with Gasteiger partial charge < -0.3 is 29.9 Å². The molecule has 36 heavy (non-hydrogen) atoms. The van der Waals surface area contributed by atoms with Gasteiger partial charge in [0, 0.05) is 25.7 Å². The average molecular weight is 505 g/mol. The molecule has 9 heteroatoms. The Morgan fingerprint density at radius 1 is 1.11 bits per heavy atom. The number of rotatable bonds is 18. The molecule has 0 spiro atoms. The van der Waals surface area contributed by atoms with E-state index in [1.165, 1.54) is 0 Å². The smallest absolute Gasteiger partial charge is 0.247 e. The highest BCUT2D eigenvalue weighted by Crippen LogP contribution is 2.31. The second-order valence-electron chi connectivity index (χ2n) is 9.24. The molecule has 9 nitrogen and oxygen atoms in total. The predicted octanol–water partition coefficient (Wildman–Crippen LogP) is 3.29. The van der Waals surface area contributed by atoms with Gasteiger partial charge >= 0.3 is 0 Å². The lowest BCUT2D eigenvalue weighted by molar-refractivity contribution is -0.122. The topological polar surface area (TPSA) is 100 Å². The molecule has 0 saturated carbocycles. The molecular formula is C27H44N4O5. The van der Waals surface area contributed by atoms with Gasteiger partial charge in [-0.25, -0.2) is 0 Å². The predicted molar refractivity (Wildman–Crippen MR) is 141 cm³/mol. The summed E-state index contributed by atoms with van der Waals surface area (Å²) in [7, 11) is 0. The van der Waals surface area contributed by atoms with Gasteiger partial charge in [-0.3, -0.25) is 14.4 Å². The maximum Gasteiger partial charge on any atom is 0.247 e. The lowest BCUT2D eigenvalue weighted by atomic mass is 9.90. The van der Waals surface area contributed by atoms with E-state index < -0.39 is 6.04 Å². The van der Waals surface area contributed by atoms with Crippen LogP contribution in [0.15, 0.2) is 18.2 Å². The maximum absolute atomic E-state index is 13.1. The zero-order valence-electron chi connectivity index (χ0n) is 22.2. The minimum Gasteiger partial charge on any atom is -0.493 e. The normalized spacial score (nSPS) is 14.8. The van der Waals surface area contributed by atoms with Crippen molar-refractivity contribution >= 4 is 24.4 Å². The van der Waals surface area contributed by atoms with E-state index >= 15 is 0 Å². The quantitative estimate of drug-likeness (QED) is 0.235. The summed E-state index contributed by atoms with van der Waals surface area (Å²) in [5, 5.41) is 5.61. The lowest BCUT2D eigenvalue weighted by Gasteiger charge is -2.31. The molecule has 0 aromatic heterocycles. The van der Waals surface area contributed by atoms with Gasteiger partial charge in [-0.05, 0) is 63.2 Å². The second kappa shape index (κ2) is 16.8. The lowest BCUT2D eigenvalue weighted by Crippen LogP contribution is -2.43. The van der Waals surface area contributed by atoms with Crippen LogP contribution in [0.4, 0.5) is 5.69 Å². The first kappa shape index (κ1) is 29.4. The van der Waals surface area contributed by atoms with Gasteiger partial charge in [0.15, 0.2) is 0 Å². The van der Waals surface area contributed by atoms with E-state index in [1.807, 2.05) is 12.1 Å². The fourth-order valence-electron chi connectivity index (χ4n) is 4.34. The molecule has 0 radical (unpaired) electrons. The van der Waals surface area contributed by atoms with E-state index in [0.717, 1.165) is 58.1 Å². The average Bonchev–Trinajstić information content (AvgIpc) is 2.90. The van der Waals surface area contributed by atoms with Crippen molar-refractivity contribution in [2.45, 2.75) is 65.3 Å². The SMILES string of the molecule is CCCCOc1cc(OCCCN(CC)CC)ccc1NC(=O)C(CC1CCN(C=O)CC1)NC=O. The molecule has 202 valence electrons. The Morgan fingerprint density at radius 2 is 1.83 bits per heavy atom. The molecule has 2 rings (SSSR count). The van der Waals surface area contributed by atoms with Crippen LogP contribution in [0.1, 0.15) is 59.3 Å². The number of piperidine rings is 1. The number of carbonyl (C=O) groups excluding carboxylic acids is 3. The van der Waals surface area contributed by atoms with E-state index in [1.54, 1.807) is 11.0 Å². The standard InChI is InChI=1S/C27H44N4O5/c1-4-7-16-36-26-19-23(35-17-8-13-30(5-2)6-3)9-10-24(26)29-27(34)25(28-20-32)18-22-11-14-31(21-33)15-12-22/h9-10,19-22,25H,4-8,11-18H2,1-3H3,(H,28,32)(H,29,34). The summed E-state index contributed by atoms with van der Waals surface area (Å²) >= 11 is 0. The molecule has 1 atom stereocenters. The summed E-state index contributed by atoms with van der Waals surface area (Å²) in [6, 6.07) is 4.78. The molecule has 1 aromatic rings. The first-order chi connectivity index (χ1) is 17.5. The Bertz CT molecular complexity index is 794. The first-order valence-corrected chi connectivity index (χ1v) is 13.4. The van der Waals surface area contributed by atoms with Crippen LogP contribution in [-0.2, 0) is 14.4 Å². The third-order valence-electron chi connectivity index (χ3n) is 6.70. The van der Waals surface area contributed by atoms with Crippen LogP contribution in [-0.4, -0.2) is 80.5 Å². The number of hydrogen-bond donors (Lipinski definition) is 2. The largest absolute Gasteiger partial charge is 0.493 e. The Morgan fingerprint density at radius 3 is 2.47 bits per heavy atom. The van der Waals surface area contributed by atoms with Crippen molar-refractivity contribution in [1.82, 2.24) is 15.1 Å². The van der Waals surface area contributed by atoms with Crippen LogP contribution in [0.3, 0.4) is 0 Å². The maximum atomic E-state index is 13.1. The molecule has 2 N–H and O–H groups in total. The molecule has 1 heterocycles. The van der Waals surface area contributed by atoms with E-state index in [-0.39, 0.29) is 11.8 Å². The fraction of sp³-hybridized carbons (Fsp3) is 0.667. The zero-order chi connectivity index (χ0) is 26.2. The fourth-order valence-corrected chi connectivity index (χ4v) is 4.34. The molecule has 1 aliphatic rings. The number of nitrogens with one attached hydrogen (secondary N) is 2. The Kier molecular flexibility index (Phi) is 13.7. The number of benzene rings is 1. The second-order valence-corrected chi connectivity index (χ2v) is 9.24. The third kappa shape index (κ3) is 10.0. The van der Waals surface area contributed by atoms with E-state index in [9.17, 15) is 14.4 Å². The van der Waals surface area contributed by atoms with Crippen LogP contribution in [0, 0.1) is 5.92 Å². The molecular weight excluding hydrogens is 460 g/mol. The highest BCUT2D eigenvalue weighted by Gasteiger charge is 2.26. The van der Waals surface area contributed by atoms with Gasteiger partial charge in [0.05, 0.1) is 18.9 Å². The molecule has 0 bridgehead atoms. The van der Waals surface area contributed by atoms with Crippen LogP contribution < -0.4 is 20.1 Å². The Labute approximate surface area is 215 Å². The highest BCUT2D eigenvalue weighted by atomic mass is 16.5. The number of ether oxygens (including phenoxy) is 2. The Balaban J connectivity index is 2.02. The molecule has 3 amide bonds. The van der Waals surface area contributed by atoms with Crippen molar-refractivity contribution < 1.29 is 23.9 Å². The van der Waals surface area contributed by atoms with Gasteiger partial charge in [0.25, 0.3) is 0 Å². The van der Waals surface area contributed by atoms with E-state index in [4.69, 9.17) is 9.47 Å². The number of unbranched alkanes of at least 4 members (excludes halogenated alkanes) is 1. The number of likely N-dealkylation sites (tertiary alicyclic amines) is 1. The van der Waals surface area contributed by atoms with Crippen molar-refractivity contribution in [3.63, 3.8) is 0 Å². The summed E-state index contributed by atoms with van der Waals surface area (Å²) < 4.78 is 11.9. The van der Waals surface area contributed by atoms with Crippen molar-refractivity contribution in [1.29, 1.82) is 0 Å². The molecule has 1 fully saturated rings. The minimum absolute atomic E-state index is 0.261. The minimum atomic E-state index is -0.658. The zero-order valence-corrected chi connectivity index (χ0v) is 22.2. The van der Waals surface area contributed by atoms with Gasteiger partial charge in [-0.15, -0.1) is 0 Å². The van der Waals surface area contributed by atoms with E-state index in [2.05, 4.69) is 36.3 Å². The number of nitrogens with zero attached hydrogens (tertiary/aromatic N) is 2. The molecule has 1 aromatic carbocycles. The van der Waals surface area contributed by atoms with Crippen molar-refractivity contribution in [3.05, 3.63) is 18.2 Å². The molecule has 1 unspecified atom stereocenters. The third-order valence-corrected chi connectivity index (χ3v) is 6.70. The first-order valence-electron chi connectivity index (χ1n) is 13.4. The van der Waals surface area contributed by atoms with Gasteiger partial charge in [0.2, 0.25) is 18.7 Å². The van der Waals surface area contributed by atoms with Gasteiger partial charge in [0.1, 0.15) is 17.5 Å². The summed E-state index contributed by atoms with van der Waals surface area (Å²) in [5.41, 5.74) is 0.556. The summed E-state index contributed by atoms with van der Waals surface area (Å²) in [5.74, 6) is 1.23. The molecule has 1 saturated heterocycles. The van der Waals surface area contributed by atoms with Crippen molar-refractivity contribution in [2.24, 2.45) is 5.92 Å². The number of amides is 3. The number of hydrogen-bond acceptors (Lipinski definition) is 6. The summed E-state index contributed by atoms with van der Waals surface area (Å²) in [6.07, 6.45) is 6.41.